The third-order valence-electron chi connectivity index (χ3n) is 3.07. The number of ether oxygens (including phenoxy) is 1. The summed E-state index contributed by atoms with van der Waals surface area (Å²) in [6.45, 7) is 2.77. The lowest BCUT2D eigenvalue weighted by Gasteiger charge is -2.32. The van der Waals surface area contributed by atoms with Crippen molar-refractivity contribution in [1.29, 1.82) is 0 Å². The van der Waals surface area contributed by atoms with E-state index in [1.807, 2.05) is 0 Å². The molecule has 1 heterocycles. The molecule has 1 aromatic carbocycles. The van der Waals surface area contributed by atoms with Crippen molar-refractivity contribution < 1.29 is 23.1 Å². The first-order valence-electron chi connectivity index (χ1n) is 5.96. The molecule has 0 saturated carbocycles. The number of rotatable bonds is 3. The van der Waals surface area contributed by atoms with Crippen molar-refractivity contribution in [2.45, 2.75) is 17.9 Å². The van der Waals surface area contributed by atoms with E-state index in [2.05, 4.69) is 15.9 Å². The fraction of sp³-hybridized carbons (Fsp3) is 0.417. The van der Waals surface area contributed by atoms with Gasteiger partial charge >= 0.3 is 5.97 Å². The first-order valence-corrected chi connectivity index (χ1v) is 8.20. The molecule has 110 valence electrons. The van der Waals surface area contributed by atoms with Gasteiger partial charge in [-0.25, -0.2) is 13.2 Å². The molecule has 1 N–H and O–H groups in total. The van der Waals surface area contributed by atoms with Gasteiger partial charge in [-0.15, -0.1) is 0 Å². The summed E-state index contributed by atoms with van der Waals surface area (Å²) in [4.78, 5) is 10.9. The molecule has 1 aliphatic heterocycles. The summed E-state index contributed by atoms with van der Waals surface area (Å²) in [5, 5.41) is 8.90. The standard InChI is InChI=1S/C12H14BrNO5S/c1-8-7-19-5-4-14(8)20(17,18)11-3-2-9(12(15)16)6-10(11)13/h2-3,6,8H,4-5,7H2,1H3,(H,15,16)/t8-/m1/s1. The van der Waals surface area contributed by atoms with Crippen molar-refractivity contribution >= 4 is 31.9 Å². The summed E-state index contributed by atoms with van der Waals surface area (Å²) in [5.41, 5.74) is 0.0332. The second-order valence-electron chi connectivity index (χ2n) is 4.49. The number of aromatic carboxylic acids is 1. The van der Waals surface area contributed by atoms with E-state index in [9.17, 15) is 13.2 Å². The summed E-state index contributed by atoms with van der Waals surface area (Å²) in [7, 11) is -3.67. The maximum atomic E-state index is 12.6. The van der Waals surface area contributed by atoms with Crippen LogP contribution in [0, 0.1) is 0 Å². The largest absolute Gasteiger partial charge is 0.478 e. The smallest absolute Gasteiger partial charge is 0.335 e. The van der Waals surface area contributed by atoms with Gasteiger partial charge in [0.05, 0.1) is 23.7 Å². The molecule has 0 amide bonds. The van der Waals surface area contributed by atoms with Gasteiger partial charge in [0.25, 0.3) is 0 Å². The lowest BCUT2D eigenvalue weighted by molar-refractivity contribution is 0.0392. The van der Waals surface area contributed by atoms with E-state index >= 15 is 0 Å². The van der Waals surface area contributed by atoms with Crippen molar-refractivity contribution in [2.24, 2.45) is 0 Å². The van der Waals surface area contributed by atoms with E-state index in [0.29, 0.717) is 13.2 Å². The second kappa shape index (κ2) is 5.80. The normalized spacial score (nSPS) is 20.8. The van der Waals surface area contributed by atoms with Gasteiger partial charge in [-0.3, -0.25) is 0 Å². The number of carboxylic acid groups (broad SMARTS) is 1. The van der Waals surface area contributed by atoms with Crippen LogP contribution in [0.1, 0.15) is 17.3 Å². The molecule has 8 heteroatoms. The molecular formula is C12H14BrNO5S. The number of benzene rings is 1. The van der Waals surface area contributed by atoms with Crippen molar-refractivity contribution in [2.75, 3.05) is 19.8 Å². The third-order valence-corrected chi connectivity index (χ3v) is 6.06. The predicted octanol–water partition coefficient (Wildman–Crippen LogP) is 1.56. The van der Waals surface area contributed by atoms with Crippen LogP contribution in [0.2, 0.25) is 0 Å². The van der Waals surface area contributed by atoms with Crippen LogP contribution in [0.4, 0.5) is 0 Å². The van der Waals surface area contributed by atoms with Crippen LogP contribution >= 0.6 is 15.9 Å². The molecule has 0 spiro atoms. The molecule has 1 saturated heterocycles. The van der Waals surface area contributed by atoms with Gasteiger partial charge in [-0.05, 0) is 41.1 Å². The molecule has 6 nitrogen and oxygen atoms in total. The van der Waals surface area contributed by atoms with E-state index in [0.717, 1.165) is 0 Å². The molecule has 2 rings (SSSR count). The monoisotopic (exact) mass is 363 g/mol. The molecule has 0 aromatic heterocycles. The summed E-state index contributed by atoms with van der Waals surface area (Å²) in [6, 6.07) is 3.64. The quantitative estimate of drug-likeness (QED) is 0.880. The van der Waals surface area contributed by atoms with Gasteiger partial charge < -0.3 is 9.84 Å². The molecule has 1 aliphatic rings. The summed E-state index contributed by atoms with van der Waals surface area (Å²) in [5.74, 6) is -1.10. The van der Waals surface area contributed by atoms with Crippen LogP contribution in [-0.2, 0) is 14.8 Å². The summed E-state index contributed by atoms with van der Waals surface area (Å²) in [6.07, 6.45) is 0. The Hall–Kier alpha value is -0.960. The molecule has 0 bridgehead atoms. The van der Waals surface area contributed by atoms with E-state index in [-0.39, 0.29) is 27.5 Å². The minimum Gasteiger partial charge on any atom is -0.478 e. The maximum absolute atomic E-state index is 12.6. The molecular weight excluding hydrogens is 350 g/mol. The first-order chi connectivity index (χ1) is 9.34. The SMILES string of the molecule is C[C@@H]1COCCN1S(=O)(=O)c1ccc(C(=O)O)cc1Br. The van der Waals surface area contributed by atoms with Crippen molar-refractivity contribution in [3.8, 4) is 0 Å². The van der Waals surface area contributed by atoms with Crippen molar-refractivity contribution in [1.82, 2.24) is 4.31 Å². The molecule has 0 radical (unpaired) electrons. The van der Waals surface area contributed by atoms with Gasteiger partial charge in [-0.2, -0.15) is 4.31 Å². The number of nitrogens with zero attached hydrogens (tertiary/aromatic N) is 1. The van der Waals surface area contributed by atoms with Gasteiger partial charge in [0, 0.05) is 17.1 Å². The Morgan fingerprint density at radius 1 is 1.50 bits per heavy atom. The van der Waals surface area contributed by atoms with Crippen molar-refractivity contribution in [3.63, 3.8) is 0 Å². The highest BCUT2D eigenvalue weighted by atomic mass is 79.9. The number of sulfonamides is 1. The topological polar surface area (TPSA) is 83.9 Å². The first kappa shape index (κ1) is 15.4. The van der Waals surface area contributed by atoms with Crippen LogP contribution in [-0.4, -0.2) is 49.6 Å². The average molecular weight is 364 g/mol. The van der Waals surface area contributed by atoms with Crippen LogP contribution in [0.15, 0.2) is 27.6 Å². The molecule has 0 aliphatic carbocycles. The Morgan fingerprint density at radius 3 is 2.75 bits per heavy atom. The Morgan fingerprint density at radius 2 is 2.20 bits per heavy atom. The van der Waals surface area contributed by atoms with Crippen molar-refractivity contribution in [3.05, 3.63) is 28.2 Å². The highest BCUT2D eigenvalue weighted by Gasteiger charge is 2.32. The Balaban J connectivity index is 2.41. The fourth-order valence-electron chi connectivity index (χ4n) is 2.04. The number of carbonyl (C=O) groups is 1. The summed E-state index contributed by atoms with van der Waals surface area (Å²) >= 11 is 3.14. The average Bonchev–Trinajstić information content (AvgIpc) is 2.38. The third kappa shape index (κ3) is 2.88. The van der Waals surface area contributed by atoms with E-state index < -0.39 is 16.0 Å². The second-order valence-corrected chi connectivity index (χ2v) is 7.20. The lowest BCUT2D eigenvalue weighted by Crippen LogP contribution is -2.47. The van der Waals surface area contributed by atoms with Gasteiger partial charge in [0.2, 0.25) is 10.0 Å². The number of halogens is 1. The van der Waals surface area contributed by atoms with Crippen LogP contribution in [0.5, 0.6) is 0 Å². The highest BCUT2D eigenvalue weighted by Crippen LogP contribution is 2.28. The zero-order valence-electron chi connectivity index (χ0n) is 10.7. The predicted molar refractivity (Wildman–Crippen MR) is 75.3 cm³/mol. The van der Waals surface area contributed by atoms with E-state index in [1.165, 1.54) is 22.5 Å². The maximum Gasteiger partial charge on any atom is 0.335 e. The Kier molecular flexibility index (Phi) is 4.48. The number of hydrogen-bond acceptors (Lipinski definition) is 4. The summed E-state index contributed by atoms with van der Waals surface area (Å²) < 4.78 is 32.0. The molecule has 1 fully saturated rings. The fourth-order valence-corrected chi connectivity index (χ4v) is 4.68. The Labute approximate surface area is 125 Å². The van der Waals surface area contributed by atoms with E-state index in [4.69, 9.17) is 9.84 Å². The Bertz CT molecular complexity index is 631. The van der Waals surface area contributed by atoms with Gasteiger partial charge in [0.15, 0.2) is 0 Å². The van der Waals surface area contributed by atoms with E-state index in [1.54, 1.807) is 6.92 Å². The van der Waals surface area contributed by atoms with Crippen LogP contribution in [0.3, 0.4) is 0 Å². The number of carboxylic acids is 1. The minimum atomic E-state index is -3.67. The zero-order chi connectivity index (χ0) is 14.9. The van der Waals surface area contributed by atoms with Crippen LogP contribution in [0.25, 0.3) is 0 Å². The van der Waals surface area contributed by atoms with Crippen LogP contribution < -0.4 is 0 Å². The molecule has 1 aromatic rings. The van der Waals surface area contributed by atoms with Gasteiger partial charge in [-0.1, -0.05) is 0 Å². The lowest BCUT2D eigenvalue weighted by atomic mass is 10.2. The highest BCUT2D eigenvalue weighted by molar-refractivity contribution is 9.10. The zero-order valence-corrected chi connectivity index (χ0v) is 13.1. The molecule has 20 heavy (non-hydrogen) atoms. The molecule has 1 atom stereocenters. The number of hydrogen-bond donors (Lipinski definition) is 1. The molecule has 0 unspecified atom stereocenters. The van der Waals surface area contributed by atoms with Gasteiger partial charge in [0.1, 0.15) is 0 Å². The minimum absolute atomic E-state index is 0.0332. The number of morpholine rings is 1.